The van der Waals surface area contributed by atoms with Crippen LogP contribution in [0.25, 0.3) is 0 Å². The third kappa shape index (κ3) is 5.85. The number of nitrogens with one attached hydrogen (secondary N) is 1. The van der Waals surface area contributed by atoms with Crippen LogP contribution >= 0.6 is 0 Å². The lowest BCUT2D eigenvalue weighted by atomic mass is 9.94. The van der Waals surface area contributed by atoms with Crippen molar-refractivity contribution in [3.05, 3.63) is 71.8 Å². The Hall–Kier alpha value is -2.29. The van der Waals surface area contributed by atoms with Gasteiger partial charge in [0.1, 0.15) is 18.2 Å². The van der Waals surface area contributed by atoms with Crippen LogP contribution in [0.2, 0.25) is 0 Å². The molecule has 4 N–H and O–H groups in total. The van der Waals surface area contributed by atoms with Gasteiger partial charge in [-0.1, -0.05) is 60.7 Å². The van der Waals surface area contributed by atoms with Crippen LogP contribution in [0, 0.1) is 0 Å². The maximum Gasteiger partial charge on any atom is 0.217 e. The normalized spacial score (nSPS) is 26.8. The van der Waals surface area contributed by atoms with Crippen molar-refractivity contribution < 1.29 is 24.1 Å². The van der Waals surface area contributed by atoms with E-state index in [1.807, 2.05) is 60.7 Å². The van der Waals surface area contributed by atoms with Gasteiger partial charge in [0.25, 0.3) is 0 Å². The van der Waals surface area contributed by atoms with E-state index in [0.717, 1.165) is 11.1 Å². The number of hydrogen-bond donors (Lipinski definition) is 3. The maximum atomic E-state index is 11.8. The Balaban J connectivity index is 1.76. The number of ether oxygens (including phenoxy) is 3. The lowest BCUT2D eigenvalue weighted by Crippen LogP contribution is -2.67. The molecular weight excluding hydrogens is 372 g/mol. The zero-order chi connectivity index (χ0) is 20.6. The largest absolute Gasteiger partial charge is 0.394 e. The van der Waals surface area contributed by atoms with E-state index in [-0.39, 0.29) is 12.5 Å². The number of aliphatic hydroxyl groups is 1. The highest BCUT2D eigenvalue weighted by Gasteiger charge is 2.46. The summed E-state index contributed by atoms with van der Waals surface area (Å²) < 4.78 is 17.9. The molecule has 0 bridgehead atoms. The molecule has 1 aliphatic heterocycles. The number of hydrogen-bond acceptors (Lipinski definition) is 6. The first-order chi connectivity index (χ1) is 14.1. The molecule has 0 radical (unpaired) electrons. The first kappa shape index (κ1) is 21.4. The van der Waals surface area contributed by atoms with Gasteiger partial charge in [-0.05, 0) is 11.1 Å². The van der Waals surface area contributed by atoms with Gasteiger partial charge in [-0.3, -0.25) is 4.79 Å². The van der Waals surface area contributed by atoms with E-state index in [4.69, 9.17) is 19.9 Å². The summed E-state index contributed by atoms with van der Waals surface area (Å²) in [6, 6.07) is 18.1. The van der Waals surface area contributed by atoms with Crippen LogP contribution in [-0.4, -0.2) is 48.2 Å². The van der Waals surface area contributed by atoms with Gasteiger partial charge in [-0.15, -0.1) is 0 Å². The van der Waals surface area contributed by atoms with Crippen molar-refractivity contribution >= 4 is 5.91 Å². The summed E-state index contributed by atoms with van der Waals surface area (Å²) in [4.78, 5) is 11.8. The number of aliphatic hydroxyl groups excluding tert-OH is 1. The number of nitrogens with two attached hydrogens (primary N) is 1. The van der Waals surface area contributed by atoms with Crippen LogP contribution in [0.5, 0.6) is 0 Å². The highest BCUT2D eigenvalue weighted by molar-refractivity contribution is 5.73. The summed E-state index contributed by atoms with van der Waals surface area (Å²) in [5, 5.41) is 12.6. The SMILES string of the molecule is CC(=O)N[C@H]1[C@@H](OCc2ccccc2)O[C@H](CO)[C@@H](N)[C@@H]1OCc1ccccc1. The molecule has 1 aliphatic rings. The van der Waals surface area contributed by atoms with Gasteiger partial charge in [0.15, 0.2) is 6.29 Å². The molecule has 1 fully saturated rings. The van der Waals surface area contributed by atoms with Crippen molar-refractivity contribution in [2.24, 2.45) is 5.73 Å². The van der Waals surface area contributed by atoms with Crippen molar-refractivity contribution in [1.82, 2.24) is 5.32 Å². The molecule has 29 heavy (non-hydrogen) atoms. The Labute approximate surface area is 170 Å². The average Bonchev–Trinajstić information content (AvgIpc) is 2.74. The number of benzene rings is 2. The molecule has 1 saturated heterocycles. The molecule has 0 aromatic heterocycles. The van der Waals surface area contributed by atoms with Crippen LogP contribution in [0.15, 0.2) is 60.7 Å². The summed E-state index contributed by atoms with van der Waals surface area (Å²) in [6.45, 7) is 1.76. The molecule has 5 atom stereocenters. The standard InChI is InChI=1S/C22H28N2O5/c1-15(26)24-20-21(27-13-16-8-4-2-5-9-16)19(23)18(12-25)29-22(20)28-14-17-10-6-3-7-11-17/h2-11,18-22,25H,12-14,23H2,1H3,(H,24,26)/t18-,19-,20-,21+,22+/m1/s1. The van der Waals surface area contributed by atoms with E-state index in [1.165, 1.54) is 6.92 Å². The van der Waals surface area contributed by atoms with Crippen LogP contribution in [0.4, 0.5) is 0 Å². The van der Waals surface area contributed by atoms with Crippen molar-refractivity contribution in [2.75, 3.05) is 6.61 Å². The molecule has 0 unspecified atom stereocenters. The summed E-state index contributed by atoms with van der Waals surface area (Å²) in [5.41, 5.74) is 8.27. The Morgan fingerprint density at radius 1 is 1.03 bits per heavy atom. The minimum atomic E-state index is -0.808. The summed E-state index contributed by atoms with van der Waals surface area (Å²) in [5.74, 6) is -0.241. The number of rotatable bonds is 8. The molecular formula is C22H28N2O5. The summed E-state index contributed by atoms with van der Waals surface area (Å²) >= 11 is 0. The zero-order valence-electron chi connectivity index (χ0n) is 16.4. The van der Waals surface area contributed by atoms with E-state index < -0.39 is 30.6 Å². The highest BCUT2D eigenvalue weighted by Crippen LogP contribution is 2.25. The minimum absolute atomic E-state index is 0.241. The first-order valence-electron chi connectivity index (χ1n) is 9.68. The van der Waals surface area contributed by atoms with Gasteiger partial charge in [-0.25, -0.2) is 0 Å². The quantitative estimate of drug-likeness (QED) is 0.618. The Bertz CT molecular complexity index is 758. The van der Waals surface area contributed by atoms with Gasteiger partial charge in [0.05, 0.1) is 25.9 Å². The van der Waals surface area contributed by atoms with E-state index in [9.17, 15) is 9.90 Å². The second kappa shape index (κ2) is 10.5. The Kier molecular flexibility index (Phi) is 7.74. The first-order valence-corrected chi connectivity index (χ1v) is 9.68. The summed E-state index contributed by atoms with van der Waals surface area (Å²) in [7, 11) is 0. The second-order valence-electron chi connectivity index (χ2n) is 7.09. The maximum absolute atomic E-state index is 11.8. The van der Waals surface area contributed by atoms with Crippen LogP contribution < -0.4 is 11.1 Å². The molecule has 1 heterocycles. The monoisotopic (exact) mass is 400 g/mol. The highest BCUT2D eigenvalue weighted by atomic mass is 16.7. The predicted molar refractivity (Wildman–Crippen MR) is 108 cm³/mol. The summed E-state index contributed by atoms with van der Waals surface area (Å²) in [6.07, 6.45) is -2.07. The third-order valence-corrected chi connectivity index (χ3v) is 4.86. The van der Waals surface area contributed by atoms with Gasteiger partial charge < -0.3 is 30.4 Å². The molecule has 0 saturated carbocycles. The van der Waals surface area contributed by atoms with E-state index in [1.54, 1.807) is 0 Å². The van der Waals surface area contributed by atoms with Gasteiger partial charge in [0, 0.05) is 6.92 Å². The Morgan fingerprint density at radius 3 is 2.10 bits per heavy atom. The van der Waals surface area contributed by atoms with Gasteiger partial charge in [0.2, 0.25) is 5.91 Å². The fourth-order valence-corrected chi connectivity index (χ4v) is 3.38. The van der Waals surface area contributed by atoms with Crippen LogP contribution in [0.3, 0.4) is 0 Å². The van der Waals surface area contributed by atoms with Gasteiger partial charge >= 0.3 is 0 Å². The molecule has 156 valence electrons. The second-order valence-corrected chi connectivity index (χ2v) is 7.09. The fraction of sp³-hybridized carbons (Fsp3) is 0.409. The number of carbonyl (C=O) groups excluding carboxylic acids is 1. The lowest BCUT2D eigenvalue weighted by Gasteiger charge is -2.44. The van der Waals surface area contributed by atoms with E-state index in [2.05, 4.69) is 5.32 Å². The molecule has 2 aromatic carbocycles. The zero-order valence-corrected chi connectivity index (χ0v) is 16.4. The van der Waals surface area contributed by atoms with Gasteiger partial charge in [-0.2, -0.15) is 0 Å². The van der Waals surface area contributed by atoms with Crippen molar-refractivity contribution in [2.45, 2.75) is 50.7 Å². The van der Waals surface area contributed by atoms with Crippen LogP contribution in [0.1, 0.15) is 18.1 Å². The molecule has 3 rings (SSSR count). The molecule has 2 aromatic rings. The Morgan fingerprint density at radius 2 is 1.59 bits per heavy atom. The number of carbonyl (C=O) groups is 1. The molecule has 7 heteroatoms. The molecule has 0 spiro atoms. The minimum Gasteiger partial charge on any atom is -0.394 e. The molecule has 1 amide bonds. The van der Waals surface area contributed by atoms with Crippen molar-refractivity contribution in [3.8, 4) is 0 Å². The van der Waals surface area contributed by atoms with E-state index >= 15 is 0 Å². The topological polar surface area (TPSA) is 103 Å². The van der Waals surface area contributed by atoms with Crippen molar-refractivity contribution in [3.63, 3.8) is 0 Å². The van der Waals surface area contributed by atoms with Crippen molar-refractivity contribution in [1.29, 1.82) is 0 Å². The number of amides is 1. The predicted octanol–water partition coefficient (Wildman–Crippen LogP) is 1.34. The molecule has 0 aliphatic carbocycles. The van der Waals surface area contributed by atoms with E-state index in [0.29, 0.717) is 13.2 Å². The lowest BCUT2D eigenvalue weighted by molar-refractivity contribution is -0.254. The average molecular weight is 400 g/mol. The fourth-order valence-electron chi connectivity index (χ4n) is 3.38. The third-order valence-electron chi connectivity index (χ3n) is 4.86. The smallest absolute Gasteiger partial charge is 0.217 e. The molecule has 7 nitrogen and oxygen atoms in total. The van der Waals surface area contributed by atoms with Crippen LogP contribution in [-0.2, 0) is 32.2 Å².